The fraction of sp³-hybridized carbons (Fsp3) is 0. The standard InChI is InChI=1S/6CH3NO2.W/c6*2-1(3)4;/h6*2H2,(H,3,4);/q;;;;;;+6/p-6. The molecule has 0 heterocycles. The van der Waals surface area contributed by atoms with Crippen LogP contribution >= 0.6 is 0 Å². The molecule has 0 bridgehead atoms. The maximum atomic E-state index is 8.67. The van der Waals surface area contributed by atoms with Crippen molar-refractivity contribution in [1.82, 2.24) is 0 Å². The zero-order valence-electron chi connectivity index (χ0n) is 11.8. The summed E-state index contributed by atoms with van der Waals surface area (Å²) in [6.07, 6.45) is -9.50. The Bertz CT molecular complexity index is 273. The zero-order chi connectivity index (χ0) is 21.5. The number of nitrogens with two attached hydrogens (primary N) is 6. The van der Waals surface area contributed by atoms with Crippen LogP contribution in [0.4, 0.5) is 28.8 Å². The molecule has 0 aliphatic rings. The number of carboxylic acid groups (broad SMARTS) is 6. The molecule has 0 aromatic carbocycles. The van der Waals surface area contributed by atoms with Gasteiger partial charge in [-0.2, -0.15) is 0 Å². The van der Waals surface area contributed by atoms with E-state index >= 15 is 0 Å². The second kappa shape index (κ2) is 37.0. The number of hydrogen-bond donors (Lipinski definition) is 6. The number of carbonyl (C=O) groups is 6. The fourth-order valence-corrected chi connectivity index (χ4v) is 0. The van der Waals surface area contributed by atoms with Crippen LogP contribution in [0.15, 0.2) is 0 Å². The third-order valence-corrected chi connectivity index (χ3v) is 0. The topological polar surface area (TPSA) is 397 Å². The number of rotatable bonds is 0. The smallest absolute Gasteiger partial charge is 0.530 e. The number of hydrogen-bond acceptors (Lipinski definition) is 12. The molecule has 144 valence electrons. The minimum Gasteiger partial charge on any atom is -0.530 e. The summed E-state index contributed by atoms with van der Waals surface area (Å²) in [6.45, 7) is 0. The molecule has 0 atom stereocenters. The summed E-state index contributed by atoms with van der Waals surface area (Å²) in [5.74, 6) is 0. The Balaban J connectivity index is -0.0000000309. The van der Waals surface area contributed by atoms with Gasteiger partial charge in [0.05, 0.1) is 0 Å². The van der Waals surface area contributed by atoms with Gasteiger partial charge in [0, 0.05) is 0 Å². The SMILES string of the molecule is NC(=O)[O-].NC(=O)[O-].NC(=O)[O-].NC(=O)[O-].NC(=O)[O-].NC(=O)[O-].[W+6]. The van der Waals surface area contributed by atoms with Crippen LogP contribution in [0.25, 0.3) is 0 Å². The largest absolute Gasteiger partial charge is 6.00 e. The molecule has 12 N–H and O–H groups in total. The van der Waals surface area contributed by atoms with Gasteiger partial charge in [0.1, 0.15) is 36.6 Å². The quantitative estimate of drug-likeness (QED) is 0.166. The van der Waals surface area contributed by atoms with Crippen LogP contribution in [0.5, 0.6) is 0 Å². The first-order valence-electron chi connectivity index (χ1n) is 4.18. The normalized spacial score (nSPS) is 5.76. The maximum Gasteiger partial charge on any atom is 6.00 e. The molecule has 0 aliphatic carbocycles. The molecule has 0 rings (SSSR count). The van der Waals surface area contributed by atoms with Crippen LogP contribution in [0.1, 0.15) is 0 Å². The molecule has 0 saturated carbocycles. The number of primary amides is 6. The Hall–Kier alpha value is -3.69. The zero-order valence-corrected chi connectivity index (χ0v) is 14.7. The average Bonchev–Trinajstić information content (AvgIpc) is 2.08. The van der Waals surface area contributed by atoms with Crippen molar-refractivity contribution in [2.45, 2.75) is 0 Å². The predicted molar refractivity (Wildman–Crippen MR) is 57.5 cm³/mol. The van der Waals surface area contributed by atoms with Gasteiger partial charge in [-0.15, -0.1) is 0 Å². The predicted octanol–water partition coefficient (Wildman–Crippen LogP) is -10.3. The van der Waals surface area contributed by atoms with Gasteiger partial charge in [0.15, 0.2) is 0 Å². The molecule has 0 aromatic rings. The van der Waals surface area contributed by atoms with E-state index < -0.39 is 36.6 Å². The summed E-state index contributed by atoms with van der Waals surface area (Å²) in [6, 6.07) is 0. The summed E-state index contributed by atoms with van der Waals surface area (Å²) < 4.78 is 0. The van der Waals surface area contributed by atoms with Crippen molar-refractivity contribution in [3.63, 3.8) is 0 Å². The summed E-state index contributed by atoms with van der Waals surface area (Å²) in [5.41, 5.74) is 23.5. The van der Waals surface area contributed by atoms with Crippen molar-refractivity contribution in [2.24, 2.45) is 34.4 Å². The van der Waals surface area contributed by atoms with E-state index in [0.717, 1.165) is 0 Å². The van der Waals surface area contributed by atoms with Gasteiger partial charge in [-0.3, -0.25) is 0 Å². The molecule has 0 radical (unpaired) electrons. The van der Waals surface area contributed by atoms with Gasteiger partial charge >= 0.3 is 21.1 Å². The van der Waals surface area contributed by atoms with Crippen molar-refractivity contribution < 1.29 is 80.5 Å². The van der Waals surface area contributed by atoms with Gasteiger partial charge in [-0.25, -0.2) is 0 Å². The van der Waals surface area contributed by atoms with Crippen molar-refractivity contribution in [2.75, 3.05) is 0 Å². The van der Waals surface area contributed by atoms with Gasteiger partial charge < -0.3 is 93.8 Å². The van der Waals surface area contributed by atoms with Crippen LogP contribution in [0.3, 0.4) is 0 Å². The van der Waals surface area contributed by atoms with Crippen molar-refractivity contribution in [3.8, 4) is 0 Å². The number of carbonyl (C=O) groups excluding carboxylic acids is 6. The molecule has 0 saturated heterocycles. The van der Waals surface area contributed by atoms with Gasteiger partial charge in [0.2, 0.25) is 0 Å². The molecule has 18 nitrogen and oxygen atoms in total. The average molecular weight is 544 g/mol. The first kappa shape index (κ1) is 42.9. The minimum absolute atomic E-state index is 0. The van der Waals surface area contributed by atoms with Crippen LogP contribution < -0.4 is 65.0 Å². The van der Waals surface area contributed by atoms with E-state index in [0.29, 0.717) is 0 Å². The van der Waals surface area contributed by atoms with E-state index in [1.165, 1.54) is 0 Å². The Morgan fingerprint density at radius 1 is 0.360 bits per heavy atom. The van der Waals surface area contributed by atoms with E-state index in [1.807, 2.05) is 0 Å². The third kappa shape index (κ3) is 499. The molecular weight excluding hydrogens is 532 g/mol. The van der Waals surface area contributed by atoms with Gasteiger partial charge in [-0.05, 0) is 0 Å². The van der Waals surface area contributed by atoms with Crippen LogP contribution in [0.2, 0.25) is 0 Å². The van der Waals surface area contributed by atoms with Gasteiger partial charge in [-0.1, -0.05) is 0 Å². The Morgan fingerprint density at radius 2 is 0.360 bits per heavy atom. The molecule has 19 heteroatoms. The molecule has 0 fully saturated rings. The minimum atomic E-state index is -1.58. The van der Waals surface area contributed by atoms with E-state index in [-0.39, 0.29) is 21.1 Å². The summed E-state index contributed by atoms with van der Waals surface area (Å²) in [5, 5.41) is 52.0. The molecular formula is C6H12N6O12W. The molecule has 0 aliphatic heterocycles. The second-order valence-corrected chi connectivity index (χ2v) is 1.91. The summed E-state index contributed by atoms with van der Waals surface area (Å²) in [4.78, 5) is 52.0. The maximum absolute atomic E-state index is 8.67. The van der Waals surface area contributed by atoms with E-state index in [2.05, 4.69) is 34.4 Å². The Kier molecular flexibility index (Phi) is 63.5. The molecule has 25 heavy (non-hydrogen) atoms. The monoisotopic (exact) mass is 544 g/mol. The van der Waals surface area contributed by atoms with E-state index in [1.54, 1.807) is 0 Å². The van der Waals surface area contributed by atoms with Crippen molar-refractivity contribution in [1.29, 1.82) is 0 Å². The molecule has 6 amide bonds. The molecule has 0 aromatic heterocycles. The second-order valence-electron chi connectivity index (χ2n) is 1.91. The van der Waals surface area contributed by atoms with Crippen LogP contribution in [0, 0.1) is 0 Å². The summed E-state index contributed by atoms with van der Waals surface area (Å²) >= 11 is 0. The van der Waals surface area contributed by atoms with Crippen molar-refractivity contribution >= 4 is 36.6 Å². The van der Waals surface area contributed by atoms with E-state index in [4.69, 9.17) is 59.4 Å². The third-order valence-electron chi connectivity index (χ3n) is 0. The number of amides is 6. The Labute approximate surface area is 152 Å². The van der Waals surface area contributed by atoms with E-state index in [9.17, 15) is 0 Å². The van der Waals surface area contributed by atoms with Crippen LogP contribution in [-0.4, -0.2) is 36.6 Å². The Morgan fingerprint density at radius 3 is 0.360 bits per heavy atom. The van der Waals surface area contributed by atoms with Crippen molar-refractivity contribution in [3.05, 3.63) is 0 Å². The summed E-state index contributed by atoms with van der Waals surface area (Å²) in [7, 11) is 0. The fourth-order valence-electron chi connectivity index (χ4n) is 0. The first-order valence-corrected chi connectivity index (χ1v) is 4.18. The molecule has 0 unspecified atom stereocenters. The van der Waals surface area contributed by atoms with Gasteiger partial charge in [0.25, 0.3) is 0 Å². The van der Waals surface area contributed by atoms with Crippen LogP contribution in [-0.2, 0) is 21.1 Å². The molecule has 0 spiro atoms. The first-order chi connectivity index (χ1) is 10.4.